The van der Waals surface area contributed by atoms with Gasteiger partial charge in [0.2, 0.25) is 0 Å². The van der Waals surface area contributed by atoms with Gasteiger partial charge in [0.15, 0.2) is 16.8 Å². The van der Waals surface area contributed by atoms with E-state index in [0.29, 0.717) is 11.5 Å². The van der Waals surface area contributed by atoms with E-state index in [1.54, 1.807) is 13.0 Å². The van der Waals surface area contributed by atoms with Gasteiger partial charge in [-0.05, 0) is 98.5 Å². The number of nitrogens with one attached hydrogen (secondary N) is 1. The van der Waals surface area contributed by atoms with Gasteiger partial charge in [-0.15, -0.1) is 0 Å². The fourth-order valence-electron chi connectivity index (χ4n) is 7.78. The average Bonchev–Trinajstić information content (AvgIpc) is 3.70. The van der Waals surface area contributed by atoms with Crippen LogP contribution in [0.5, 0.6) is 0 Å². The smallest absolute Gasteiger partial charge is 0.283 e. The Morgan fingerprint density at radius 3 is 2.45 bits per heavy atom. The molecule has 44 heavy (non-hydrogen) atoms. The maximum Gasteiger partial charge on any atom is 0.283 e. The van der Waals surface area contributed by atoms with Crippen molar-refractivity contribution in [3.8, 4) is 11.4 Å². The van der Waals surface area contributed by atoms with Gasteiger partial charge in [-0.1, -0.05) is 37.1 Å². The third-order valence-electron chi connectivity index (χ3n) is 10.0. The molecule has 0 aliphatic heterocycles. The molecule has 1 N–H and O–H groups in total. The lowest BCUT2D eigenvalue weighted by Crippen LogP contribution is -2.57. The van der Waals surface area contributed by atoms with Crippen LogP contribution in [-0.2, 0) is 31.5 Å². The predicted octanol–water partition coefficient (Wildman–Crippen LogP) is 6.63. The zero-order chi connectivity index (χ0) is 30.6. The number of amides is 1. The van der Waals surface area contributed by atoms with Gasteiger partial charge in [-0.2, -0.15) is 0 Å². The van der Waals surface area contributed by atoms with Crippen molar-refractivity contribution >= 4 is 39.7 Å². The van der Waals surface area contributed by atoms with Crippen molar-refractivity contribution in [2.24, 2.45) is 21.1 Å². The second-order valence-corrected chi connectivity index (χ2v) is 12.8. The van der Waals surface area contributed by atoms with Crippen LogP contribution in [0, 0.1) is 0 Å². The lowest BCUT2D eigenvalue weighted by atomic mass is 9.75. The van der Waals surface area contributed by atoms with Crippen LogP contribution in [0.3, 0.4) is 0 Å². The number of carbonyl (C=O) groups is 2. The molecule has 0 bridgehead atoms. The molecule has 0 atom stereocenters. The summed E-state index contributed by atoms with van der Waals surface area (Å²) in [5.74, 6) is 1.57. The molecule has 224 valence electrons. The first-order valence-corrected chi connectivity index (χ1v) is 15.8. The molecule has 2 aliphatic rings. The van der Waals surface area contributed by atoms with E-state index in [1.807, 2.05) is 36.5 Å². The van der Waals surface area contributed by atoms with Gasteiger partial charge < -0.3 is 9.88 Å². The number of aromatic nitrogens is 4. The van der Waals surface area contributed by atoms with Crippen molar-refractivity contribution in [2.75, 3.05) is 0 Å². The van der Waals surface area contributed by atoms with Gasteiger partial charge in [-0.3, -0.25) is 14.6 Å². The van der Waals surface area contributed by atoms with E-state index in [0.717, 1.165) is 52.9 Å². The minimum Gasteiger partial charge on any atom is -0.342 e. The third-order valence-corrected chi connectivity index (χ3v) is 10.0. The normalized spacial score (nSPS) is 16.6. The zero-order valence-corrected chi connectivity index (χ0v) is 26.1. The van der Waals surface area contributed by atoms with Crippen LogP contribution in [-0.4, -0.2) is 25.8 Å². The summed E-state index contributed by atoms with van der Waals surface area (Å²) in [7, 11) is 6.26. The molecule has 0 unspecified atom stereocenters. The van der Waals surface area contributed by atoms with Gasteiger partial charge >= 0.3 is 0 Å². The molecular weight excluding hydrogens is 546 g/mol. The van der Waals surface area contributed by atoms with E-state index in [9.17, 15) is 9.59 Å². The number of imidazole rings is 1. The van der Waals surface area contributed by atoms with Crippen molar-refractivity contribution in [3.63, 3.8) is 0 Å². The fraction of sp³-hybridized carbons (Fsp3) is 0.351. The highest BCUT2D eigenvalue weighted by Gasteiger charge is 2.49. The lowest BCUT2D eigenvalue weighted by molar-refractivity contribution is -0.659. The Kier molecular flexibility index (Phi) is 6.99. The van der Waals surface area contributed by atoms with Crippen molar-refractivity contribution in [1.82, 2.24) is 19.4 Å². The van der Waals surface area contributed by atoms with E-state index in [1.165, 1.54) is 42.3 Å². The first-order chi connectivity index (χ1) is 21.3. The maximum atomic E-state index is 14.0. The summed E-state index contributed by atoms with van der Waals surface area (Å²) in [5.41, 5.74) is 7.96. The zero-order valence-electron chi connectivity index (χ0n) is 26.1. The Morgan fingerprint density at radius 1 is 0.977 bits per heavy atom. The number of fused-ring (bicyclic) bond motifs is 2. The Bertz CT molecular complexity index is 1950. The van der Waals surface area contributed by atoms with Gasteiger partial charge in [0.25, 0.3) is 11.7 Å². The summed E-state index contributed by atoms with van der Waals surface area (Å²) in [6, 6.07) is 18.6. The summed E-state index contributed by atoms with van der Waals surface area (Å²) in [6.45, 7) is 1.56. The number of benzene rings is 2. The minimum atomic E-state index is -0.452. The highest BCUT2D eigenvalue weighted by molar-refractivity contribution is 6.01. The molecule has 0 radical (unpaired) electrons. The number of nitrogens with zero attached hydrogens (tertiary/aromatic N) is 4. The van der Waals surface area contributed by atoms with Crippen LogP contribution >= 0.6 is 0 Å². The topological polar surface area (TPSA) is 72.8 Å². The van der Waals surface area contributed by atoms with Gasteiger partial charge in [0.1, 0.15) is 5.54 Å². The van der Waals surface area contributed by atoms with E-state index in [-0.39, 0.29) is 11.7 Å². The van der Waals surface area contributed by atoms with E-state index < -0.39 is 5.54 Å². The van der Waals surface area contributed by atoms with Crippen LogP contribution in [0.1, 0.15) is 85.1 Å². The average molecular weight is 587 g/mol. The van der Waals surface area contributed by atoms with Crippen LogP contribution in [0.4, 0.5) is 0 Å². The second-order valence-electron chi connectivity index (χ2n) is 12.8. The largest absolute Gasteiger partial charge is 0.342 e. The molecule has 7 rings (SSSR count). The summed E-state index contributed by atoms with van der Waals surface area (Å²) in [5, 5.41) is 4.72. The summed E-state index contributed by atoms with van der Waals surface area (Å²) < 4.78 is 6.65. The lowest BCUT2D eigenvalue weighted by Gasteiger charge is -2.39. The third kappa shape index (κ3) is 4.57. The molecule has 3 aromatic heterocycles. The SMILES string of the molecule is CC(=O)/C=C/c1ccc2c(c1)n(C)c(C1(NC(=O)c3ccc4c(C5CCCC5)c(-c5ccccn5)n(C)c4c3)CCC1)[n+]2C. The van der Waals surface area contributed by atoms with E-state index in [2.05, 4.69) is 70.5 Å². The molecule has 1 amide bonds. The van der Waals surface area contributed by atoms with Crippen LogP contribution < -0.4 is 9.88 Å². The monoisotopic (exact) mass is 586 g/mol. The quantitative estimate of drug-likeness (QED) is 0.172. The fourth-order valence-corrected chi connectivity index (χ4v) is 7.78. The molecule has 2 aliphatic carbocycles. The predicted molar refractivity (Wildman–Crippen MR) is 174 cm³/mol. The van der Waals surface area contributed by atoms with Crippen molar-refractivity contribution in [1.29, 1.82) is 0 Å². The Labute approximate surface area is 258 Å². The van der Waals surface area contributed by atoms with Gasteiger partial charge in [0.05, 0.1) is 25.5 Å². The Morgan fingerprint density at radius 2 is 1.77 bits per heavy atom. The molecule has 3 heterocycles. The summed E-state index contributed by atoms with van der Waals surface area (Å²) in [6.07, 6.45) is 13.0. The van der Waals surface area contributed by atoms with Crippen LogP contribution in [0.25, 0.3) is 39.4 Å². The number of ketones is 1. The van der Waals surface area contributed by atoms with Gasteiger partial charge in [0, 0.05) is 29.7 Å². The standard InChI is InChI=1S/C37H39N5O2/c1-24(43)13-14-25-15-18-30-32(22-25)42(4)36(41(30)3)37(19-9-20-37)39-35(44)27-16-17-28-31(23-27)40(2)34(29-12-7-8-21-38-29)33(28)26-10-5-6-11-26/h7-8,12-18,21-23,26H,5-6,9-11,19-20H2,1-4H3/p+1/b14-13+. The molecular formula is C37H40N5O2+. The molecule has 0 spiro atoms. The second kappa shape index (κ2) is 10.9. The van der Waals surface area contributed by atoms with Crippen molar-refractivity contribution in [2.45, 2.75) is 63.3 Å². The first kappa shape index (κ1) is 28.3. The molecule has 7 nitrogen and oxygen atoms in total. The Hall–Kier alpha value is -4.52. The molecule has 7 heteroatoms. The first-order valence-electron chi connectivity index (χ1n) is 15.8. The number of rotatable bonds is 7. The Balaban J connectivity index is 1.26. The highest BCUT2D eigenvalue weighted by Crippen LogP contribution is 2.45. The van der Waals surface area contributed by atoms with E-state index in [4.69, 9.17) is 4.98 Å². The molecule has 2 fully saturated rings. The number of hydrogen-bond donors (Lipinski definition) is 1. The minimum absolute atomic E-state index is 0.0237. The molecule has 2 aromatic carbocycles. The van der Waals surface area contributed by atoms with Crippen molar-refractivity contribution in [3.05, 3.63) is 89.4 Å². The number of allylic oxidation sites excluding steroid dienone is 1. The van der Waals surface area contributed by atoms with Crippen LogP contribution in [0.2, 0.25) is 0 Å². The van der Waals surface area contributed by atoms with Crippen molar-refractivity contribution < 1.29 is 14.2 Å². The number of hydrogen-bond acceptors (Lipinski definition) is 3. The van der Waals surface area contributed by atoms with Gasteiger partial charge in [-0.25, -0.2) is 9.13 Å². The van der Waals surface area contributed by atoms with Crippen LogP contribution in [0.15, 0.2) is 66.9 Å². The number of aryl methyl sites for hydroxylation is 3. The highest BCUT2D eigenvalue weighted by atomic mass is 16.2. The summed E-state index contributed by atoms with van der Waals surface area (Å²) >= 11 is 0. The summed E-state index contributed by atoms with van der Waals surface area (Å²) in [4.78, 5) is 30.3. The number of carbonyl (C=O) groups excluding carboxylic acids is 2. The maximum absolute atomic E-state index is 14.0. The number of pyridine rings is 1. The molecule has 2 saturated carbocycles. The molecule has 0 saturated heterocycles. The molecule has 5 aromatic rings. The van der Waals surface area contributed by atoms with E-state index >= 15 is 0 Å².